The Kier molecular flexibility index (Phi) is 8.71. The van der Waals surface area contributed by atoms with Gasteiger partial charge in [0.2, 0.25) is 0 Å². The third-order valence-corrected chi connectivity index (χ3v) is 3.83. The number of halogens is 1. The summed E-state index contributed by atoms with van der Waals surface area (Å²) < 4.78 is 19.1. The predicted molar refractivity (Wildman–Crippen MR) is 118 cm³/mol. The Balaban J connectivity index is 3.05. The number of hydrogen-bond donors (Lipinski definition) is 0. The highest BCUT2D eigenvalue weighted by atomic mass is 19.1. The summed E-state index contributed by atoms with van der Waals surface area (Å²) >= 11 is 0. The van der Waals surface area contributed by atoms with Crippen LogP contribution in [0.2, 0.25) is 0 Å². The van der Waals surface area contributed by atoms with Crippen LogP contribution < -0.4 is 0 Å². The molecule has 0 bridgehead atoms. The molecule has 0 heterocycles. The fraction of sp³-hybridized carbons (Fsp3) is 0.348. The molecular weight excluding hydrogens is 353 g/mol. The number of rotatable bonds is 8. The zero-order chi connectivity index (χ0) is 21.3. The van der Waals surface area contributed by atoms with Crippen molar-refractivity contribution in [3.8, 4) is 0 Å². The minimum Gasteiger partial charge on any atom is -0.488 e. The van der Waals surface area contributed by atoms with Crippen LogP contribution in [0.3, 0.4) is 0 Å². The molecule has 0 aliphatic carbocycles. The molecule has 5 heteroatoms. The van der Waals surface area contributed by atoms with E-state index >= 15 is 0 Å². The van der Waals surface area contributed by atoms with Crippen molar-refractivity contribution in [3.05, 3.63) is 72.4 Å². The summed E-state index contributed by atoms with van der Waals surface area (Å²) in [6, 6.07) is 6.28. The second-order valence-corrected chi connectivity index (χ2v) is 7.50. The van der Waals surface area contributed by atoms with Gasteiger partial charge in [-0.15, -0.1) is 0 Å². The van der Waals surface area contributed by atoms with Gasteiger partial charge in [-0.2, -0.15) is 10.2 Å². The molecule has 1 rings (SSSR count). The Bertz CT molecular complexity index is 840. The van der Waals surface area contributed by atoms with Crippen LogP contribution in [0, 0.1) is 11.2 Å². The Morgan fingerprint density at radius 2 is 1.86 bits per heavy atom. The topological polar surface area (TPSA) is 46.3 Å². The second-order valence-electron chi connectivity index (χ2n) is 7.50. The van der Waals surface area contributed by atoms with Crippen LogP contribution in [0.5, 0.6) is 0 Å². The van der Waals surface area contributed by atoms with E-state index in [4.69, 9.17) is 4.74 Å². The molecule has 28 heavy (non-hydrogen) atoms. The Hall–Kier alpha value is -2.82. The molecule has 0 fully saturated rings. The third-order valence-electron chi connectivity index (χ3n) is 3.83. The molecule has 0 unspecified atom stereocenters. The lowest BCUT2D eigenvalue weighted by atomic mass is 9.84. The molecule has 0 atom stereocenters. The van der Waals surface area contributed by atoms with E-state index in [9.17, 15) is 4.39 Å². The zero-order valence-electron chi connectivity index (χ0n) is 17.7. The van der Waals surface area contributed by atoms with Crippen molar-refractivity contribution in [2.75, 3.05) is 6.61 Å². The van der Waals surface area contributed by atoms with Crippen molar-refractivity contribution in [3.63, 3.8) is 0 Å². The minimum absolute atomic E-state index is 0.196. The predicted octanol–water partition coefficient (Wildman–Crippen LogP) is 6.12. The maximum atomic E-state index is 13.4. The number of benzene rings is 1. The van der Waals surface area contributed by atoms with Gasteiger partial charge in [-0.05, 0) is 44.4 Å². The summed E-state index contributed by atoms with van der Waals surface area (Å²) in [5.41, 5.74) is 3.56. The van der Waals surface area contributed by atoms with Crippen LogP contribution in [0.4, 0.5) is 4.39 Å². The molecule has 0 aliphatic rings. The highest BCUT2D eigenvalue weighted by Gasteiger charge is 2.21. The molecule has 0 saturated carbocycles. The van der Waals surface area contributed by atoms with Crippen LogP contribution in [0.1, 0.15) is 47.1 Å². The fourth-order valence-corrected chi connectivity index (χ4v) is 2.34. The molecule has 0 aromatic heterocycles. The monoisotopic (exact) mass is 383 g/mol. The second kappa shape index (κ2) is 10.5. The van der Waals surface area contributed by atoms with Crippen molar-refractivity contribution < 1.29 is 9.13 Å². The first-order valence-electron chi connectivity index (χ1n) is 9.07. The summed E-state index contributed by atoms with van der Waals surface area (Å²) in [5.74, 6) is 0.262. The van der Waals surface area contributed by atoms with Gasteiger partial charge in [0.25, 0.3) is 0 Å². The SMILES string of the molecule is C=CN=C(C)COC(=C)\C(=C/C(C)=N/N=C(\C)c1cccc(F)c1)C(C)(C)C. The maximum absolute atomic E-state index is 13.4. The highest BCUT2D eigenvalue weighted by molar-refractivity contribution is 6.00. The number of aliphatic imine (C=N–C) groups is 1. The van der Waals surface area contributed by atoms with Gasteiger partial charge in [-0.1, -0.05) is 46.1 Å². The molecule has 0 N–H and O–H groups in total. The van der Waals surface area contributed by atoms with E-state index in [-0.39, 0.29) is 11.2 Å². The van der Waals surface area contributed by atoms with Crippen LogP contribution in [0.15, 0.2) is 76.2 Å². The van der Waals surface area contributed by atoms with Crippen molar-refractivity contribution in [2.45, 2.75) is 41.5 Å². The van der Waals surface area contributed by atoms with Gasteiger partial charge in [0.15, 0.2) is 0 Å². The van der Waals surface area contributed by atoms with E-state index in [1.54, 1.807) is 19.1 Å². The number of hydrogen-bond acceptors (Lipinski definition) is 4. The lowest BCUT2D eigenvalue weighted by Crippen LogP contribution is -2.16. The molecule has 0 spiro atoms. The molecule has 1 aromatic carbocycles. The lowest BCUT2D eigenvalue weighted by molar-refractivity contribution is 0.254. The molecule has 4 nitrogen and oxygen atoms in total. The molecule has 0 aliphatic heterocycles. The molecular formula is C23H30FN3O. The first-order chi connectivity index (χ1) is 13.0. The molecule has 0 amide bonds. The van der Waals surface area contributed by atoms with Gasteiger partial charge in [-0.25, -0.2) is 4.39 Å². The average molecular weight is 384 g/mol. The summed E-state index contributed by atoms with van der Waals surface area (Å²) in [4.78, 5) is 4.09. The van der Waals surface area contributed by atoms with Crippen LogP contribution in [0.25, 0.3) is 0 Å². The first kappa shape index (κ1) is 23.2. The zero-order valence-corrected chi connectivity index (χ0v) is 17.7. The number of allylic oxidation sites excluding steroid dienone is 2. The van der Waals surface area contributed by atoms with Crippen LogP contribution >= 0.6 is 0 Å². The standard InChI is InChI=1S/C23H30FN3O/c1-9-25-17(3)15-28-19(5)22(23(6,7)8)13-16(2)26-27-18(4)20-11-10-12-21(24)14-20/h9-14H,1,5,15H2,2-4,6-8H3/b22-13+,25-17?,26-16+,27-18+. The average Bonchev–Trinajstić information content (AvgIpc) is 2.61. The third kappa shape index (κ3) is 7.82. The van der Waals surface area contributed by atoms with Crippen LogP contribution in [-0.2, 0) is 4.74 Å². The normalized spacial score (nSPS) is 14.1. The first-order valence-corrected chi connectivity index (χ1v) is 9.07. The van der Waals surface area contributed by atoms with Gasteiger partial charge in [0.1, 0.15) is 18.2 Å². The van der Waals surface area contributed by atoms with Gasteiger partial charge >= 0.3 is 0 Å². The van der Waals surface area contributed by atoms with Crippen molar-refractivity contribution in [1.82, 2.24) is 0 Å². The van der Waals surface area contributed by atoms with Gasteiger partial charge in [-0.3, -0.25) is 4.99 Å². The van der Waals surface area contributed by atoms with Crippen molar-refractivity contribution >= 4 is 17.1 Å². The van der Waals surface area contributed by atoms with E-state index in [0.29, 0.717) is 29.4 Å². The molecule has 0 saturated heterocycles. The molecule has 0 radical (unpaired) electrons. The van der Waals surface area contributed by atoms with Crippen molar-refractivity contribution in [2.24, 2.45) is 20.6 Å². The van der Waals surface area contributed by atoms with Gasteiger partial charge in [0, 0.05) is 17.3 Å². The van der Waals surface area contributed by atoms with E-state index in [2.05, 4.69) is 49.1 Å². The number of nitrogens with zero attached hydrogens (tertiary/aromatic N) is 3. The smallest absolute Gasteiger partial charge is 0.126 e. The minimum atomic E-state index is -0.300. The van der Waals surface area contributed by atoms with E-state index < -0.39 is 0 Å². The fourth-order valence-electron chi connectivity index (χ4n) is 2.34. The number of ether oxygens (including phenoxy) is 1. The van der Waals surface area contributed by atoms with Gasteiger partial charge in [0.05, 0.1) is 17.1 Å². The van der Waals surface area contributed by atoms with Gasteiger partial charge < -0.3 is 4.74 Å². The van der Waals surface area contributed by atoms with Crippen molar-refractivity contribution in [1.29, 1.82) is 0 Å². The Morgan fingerprint density at radius 1 is 1.18 bits per heavy atom. The molecule has 1 aromatic rings. The van der Waals surface area contributed by atoms with E-state index in [1.165, 1.54) is 18.3 Å². The Morgan fingerprint density at radius 3 is 2.43 bits per heavy atom. The summed E-state index contributed by atoms with van der Waals surface area (Å²) in [6.07, 6.45) is 3.39. The quantitative estimate of drug-likeness (QED) is 0.231. The molecule has 150 valence electrons. The summed E-state index contributed by atoms with van der Waals surface area (Å²) in [5, 5.41) is 8.48. The summed E-state index contributed by atoms with van der Waals surface area (Å²) in [7, 11) is 0. The lowest BCUT2D eigenvalue weighted by Gasteiger charge is -2.25. The van der Waals surface area contributed by atoms with E-state index in [0.717, 1.165) is 11.3 Å². The Labute approximate surface area is 168 Å². The largest absolute Gasteiger partial charge is 0.488 e. The van der Waals surface area contributed by atoms with Crippen LogP contribution in [-0.4, -0.2) is 23.7 Å². The summed E-state index contributed by atoms with van der Waals surface area (Å²) in [6.45, 7) is 19.7. The maximum Gasteiger partial charge on any atom is 0.126 e. The highest BCUT2D eigenvalue weighted by Crippen LogP contribution is 2.31. The van der Waals surface area contributed by atoms with E-state index in [1.807, 2.05) is 19.9 Å².